The Bertz CT molecular complexity index is 1150. The van der Waals surface area contributed by atoms with Gasteiger partial charge in [-0.2, -0.15) is 13.2 Å². The lowest BCUT2D eigenvalue weighted by molar-refractivity contribution is -0.192. The number of nitrogens with zero attached hydrogens (tertiary/aromatic N) is 1. The molecular weight excluding hydrogens is 543 g/mol. The summed E-state index contributed by atoms with van der Waals surface area (Å²) in [5.41, 5.74) is 1.21. The molecule has 0 saturated heterocycles. The first-order valence-corrected chi connectivity index (χ1v) is 12.5. The molecule has 2 heterocycles. The number of ether oxygens (including phenoxy) is 1. The zero-order valence-corrected chi connectivity index (χ0v) is 21.1. The third-order valence-electron chi connectivity index (χ3n) is 4.49. The number of aliphatic carboxylic acids is 1. The normalized spacial score (nSPS) is 12.5. The van der Waals surface area contributed by atoms with Crippen LogP contribution in [-0.2, 0) is 9.53 Å². The molecule has 2 aromatic rings. The van der Waals surface area contributed by atoms with Gasteiger partial charge < -0.3 is 20.1 Å². The first-order valence-electron chi connectivity index (χ1n) is 10.1. The summed E-state index contributed by atoms with van der Waals surface area (Å²) in [4.78, 5) is 36.5. The van der Waals surface area contributed by atoms with Crippen LogP contribution in [0.3, 0.4) is 0 Å². The van der Waals surface area contributed by atoms with Crippen LogP contribution in [0.5, 0.6) is 0 Å². The van der Waals surface area contributed by atoms with E-state index in [1.54, 1.807) is 24.3 Å². The fraction of sp³-hybridized carbons (Fsp3) is 0.273. The minimum atomic E-state index is -5.08. The van der Waals surface area contributed by atoms with Crippen LogP contribution < -0.4 is 5.32 Å². The van der Waals surface area contributed by atoms with Crippen molar-refractivity contribution in [2.24, 2.45) is 0 Å². The standard InChI is InChI=1S/C20H20ClN3O3S2.C2HF3O2/c1-28-16-12-13(18(22)24-9-2-3-10-24)4-5-14(16)20(26)27-11-8-23-19(25)15-6-7-17(21)29-15;3-2(4,5)1(6)7/h2-7,12,22H,8-11H2,1H3,(H,23,25);(H,6,7). The van der Waals surface area contributed by atoms with Gasteiger partial charge in [0.25, 0.3) is 5.91 Å². The van der Waals surface area contributed by atoms with Gasteiger partial charge in [-0.25, -0.2) is 9.59 Å². The van der Waals surface area contributed by atoms with Crippen LogP contribution in [0.4, 0.5) is 13.2 Å². The number of alkyl halides is 3. The van der Waals surface area contributed by atoms with E-state index >= 15 is 0 Å². The lowest BCUT2D eigenvalue weighted by Gasteiger charge is -2.19. The van der Waals surface area contributed by atoms with E-state index in [1.165, 1.54) is 23.1 Å². The van der Waals surface area contributed by atoms with Gasteiger partial charge in [-0.1, -0.05) is 29.8 Å². The SMILES string of the molecule is CSc1cc(C(=N)N2CC=CC2)ccc1C(=O)OCCNC(=O)c1ccc(Cl)s1.O=C(O)C(F)(F)F. The Morgan fingerprint density at radius 2 is 1.86 bits per heavy atom. The molecule has 0 atom stereocenters. The van der Waals surface area contributed by atoms with Crippen LogP contribution in [0.1, 0.15) is 25.6 Å². The maximum Gasteiger partial charge on any atom is 0.490 e. The molecule has 36 heavy (non-hydrogen) atoms. The van der Waals surface area contributed by atoms with Crippen molar-refractivity contribution in [2.45, 2.75) is 11.1 Å². The molecule has 3 N–H and O–H groups in total. The van der Waals surface area contributed by atoms with Gasteiger partial charge in [-0.05, 0) is 30.5 Å². The highest BCUT2D eigenvalue weighted by molar-refractivity contribution is 7.98. The number of nitrogens with one attached hydrogen (secondary N) is 2. The summed E-state index contributed by atoms with van der Waals surface area (Å²) in [7, 11) is 0. The molecule has 1 aromatic carbocycles. The summed E-state index contributed by atoms with van der Waals surface area (Å²) < 4.78 is 37.6. The van der Waals surface area contributed by atoms with Crippen molar-refractivity contribution in [3.05, 3.63) is 62.8 Å². The lowest BCUT2D eigenvalue weighted by Crippen LogP contribution is -2.28. The fourth-order valence-electron chi connectivity index (χ4n) is 2.76. The Labute approximate surface area is 217 Å². The molecular formula is C22H21ClF3N3O5S2. The van der Waals surface area contributed by atoms with E-state index < -0.39 is 18.1 Å². The first kappa shape index (κ1) is 29.2. The fourth-order valence-corrected chi connectivity index (χ4v) is 4.34. The Hall–Kier alpha value is -3.03. The molecule has 0 fully saturated rings. The van der Waals surface area contributed by atoms with E-state index in [-0.39, 0.29) is 19.1 Å². The second-order valence-corrected chi connectivity index (χ2v) is 9.50. The van der Waals surface area contributed by atoms with Gasteiger partial charge in [0.1, 0.15) is 12.4 Å². The summed E-state index contributed by atoms with van der Waals surface area (Å²) in [5, 5.41) is 18.2. The zero-order chi connectivity index (χ0) is 26.9. The van der Waals surface area contributed by atoms with Crippen LogP contribution in [0.25, 0.3) is 0 Å². The summed E-state index contributed by atoms with van der Waals surface area (Å²) in [6.45, 7) is 1.72. The van der Waals surface area contributed by atoms with Gasteiger partial charge in [-0.3, -0.25) is 10.2 Å². The number of amides is 1. The molecule has 3 rings (SSSR count). The van der Waals surface area contributed by atoms with Crippen molar-refractivity contribution in [3.8, 4) is 0 Å². The van der Waals surface area contributed by atoms with Crippen LogP contribution >= 0.6 is 34.7 Å². The number of hydrogen-bond acceptors (Lipinski definition) is 7. The van der Waals surface area contributed by atoms with E-state index in [1.807, 2.05) is 29.4 Å². The minimum absolute atomic E-state index is 0.0640. The van der Waals surface area contributed by atoms with Crippen LogP contribution in [0.2, 0.25) is 4.34 Å². The van der Waals surface area contributed by atoms with Crippen molar-refractivity contribution in [2.75, 3.05) is 32.5 Å². The molecule has 0 bridgehead atoms. The predicted octanol–water partition coefficient (Wildman–Crippen LogP) is 4.54. The molecule has 0 unspecified atom stereocenters. The number of thioether (sulfide) groups is 1. The van der Waals surface area contributed by atoms with Crippen molar-refractivity contribution >= 4 is 58.4 Å². The highest BCUT2D eigenvalue weighted by Crippen LogP contribution is 2.24. The Morgan fingerprint density at radius 1 is 1.22 bits per heavy atom. The van der Waals surface area contributed by atoms with Crippen molar-refractivity contribution in [1.82, 2.24) is 10.2 Å². The van der Waals surface area contributed by atoms with Gasteiger partial charge in [-0.15, -0.1) is 23.1 Å². The largest absolute Gasteiger partial charge is 0.490 e. The summed E-state index contributed by atoms with van der Waals surface area (Å²) in [6.07, 6.45) is 0.854. The monoisotopic (exact) mass is 563 g/mol. The predicted molar refractivity (Wildman–Crippen MR) is 131 cm³/mol. The van der Waals surface area contributed by atoms with E-state index in [9.17, 15) is 22.8 Å². The Morgan fingerprint density at radius 3 is 2.39 bits per heavy atom. The van der Waals surface area contributed by atoms with E-state index in [2.05, 4.69) is 5.32 Å². The molecule has 0 radical (unpaired) electrons. The smallest absolute Gasteiger partial charge is 0.475 e. The summed E-state index contributed by atoms with van der Waals surface area (Å²) in [6, 6.07) is 8.60. The van der Waals surface area contributed by atoms with Crippen molar-refractivity contribution in [3.63, 3.8) is 0 Å². The molecule has 1 aliphatic rings. The Kier molecular flexibility index (Phi) is 10.8. The van der Waals surface area contributed by atoms with Gasteiger partial charge >= 0.3 is 18.1 Å². The third kappa shape index (κ3) is 8.57. The second kappa shape index (κ2) is 13.3. The molecule has 1 amide bonds. The molecule has 0 saturated carbocycles. The lowest BCUT2D eigenvalue weighted by atomic mass is 10.1. The number of amidine groups is 1. The maximum atomic E-state index is 12.4. The maximum absolute atomic E-state index is 12.4. The van der Waals surface area contributed by atoms with E-state index in [0.29, 0.717) is 20.6 Å². The van der Waals surface area contributed by atoms with E-state index in [4.69, 9.17) is 31.6 Å². The molecule has 8 nitrogen and oxygen atoms in total. The van der Waals surface area contributed by atoms with Gasteiger partial charge in [0.05, 0.1) is 21.3 Å². The quantitative estimate of drug-likeness (QED) is 0.113. The molecule has 0 spiro atoms. The highest BCUT2D eigenvalue weighted by atomic mass is 35.5. The summed E-state index contributed by atoms with van der Waals surface area (Å²) >= 11 is 8.44. The van der Waals surface area contributed by atoms with Crippen molar-refractivity contribution < 1.29 is 37.4 Å². The number of halogens is 4. The molecule has 1 aliphatic heterocycles. The first-order chi connectivity index (χ1) is 16.9. The number of benzene rings is 1. The van der Waals surface area contributed by atoms with Gasteiger partial charge in [0.2, 0.25) is 0 Å². The minimum Gasteiger partial charge on any atom is -0.475 e. The third-order valence-corrected chi connectivity index (χ3v) is 6.50. The molecule has 14 heteroatoms. The van der Waals surface area contributed by atoms with Crippen molar-refractivity contribution in [1.29, 1.82) is 5.41 Å². The molecule has 1 aromatic heterocycles. The number of carboxylic acids is 1. The average molecular weight is 564 g/mol. The number of carbonyl (C=O) groups excluding carboxylic acids is 2. The zero-order valence-electron chi connectivity index (χ0n) is 18.7. The van der Waals surface area contributed by atoms with Crippen LogP contribution in [-0.4, -0.2) is 72.4 Å². The highest BCUT2D eigenvalue weighted by Gasteiger charge is 2.38. The molecule has 194 valence electrons. The second-order valence-electron chi connectivity index (χ2n) is 6.94. The van der Waals surface area contributed by atoms with Crippen LogP contribution in [0.15, 0.2) is 47.4 Å². The topological polar surface area (TPSA) is 120 Å². The molecule has 0 aliphatic carbocycles. The number of rotatable bonds is 7. The van der Waals surface area contributed by atoms with Crippen LogP contribution in [0, 0.1) is 5.41 Å². The number of thiophene rings is 1. The number of hydrogen-bond donors (Lipinski definition) is 3. The van der Waals surface area contributed by atoms with Gasteiger partial charge in [0, 0.05) is 23.5 Å². The van der Waals surface area contributed by atoms with Gasteiger partial charge in [0.15, 0.2) is 0 Å². The van der Waals surface area contributed by atoms with E-state index in [0.717, 1.165) is 23.5 Å². The average Bonchev–Trinajstić information content (AvgIpc) is 3.52. The number of carbonyl (C=O) groups is 3. The number of esters is 1. The summed E-state index contributed by atoms with van der Waals surface area (Å²) in [5.74, 6) is -3.03. The Balaban J connectivity index is 0.000000572. The number of carboxylic acid groups (broad SMARTS) is 1.